The minimum atomic E-state index is -0.0799. The molecule has 2 atom stereocenters. The number of likely N-dealkylation sites (N-methyl/N-ethyl adjacent to an activating group) is 1. The number of aromatic nitrogens is 2. The lowest BCUT2D eigenvalue weighted by Gasteiger charge is -2.17. The summed E-state index contributed by atoms with van der Waals surface area (Å²) in [7, 11) is 1.89. The van der Waals surface area contributed by atoms with Crippen molar-refractivity contribution in [2.45, 2.75) is 19.4 Å². The topological polar surface area (TPSA) is 68.2 Å². The third kappa shape index (κ3) is 3.78. The van der Waals surface area contributed by atoms with Crippen molar-refractivity contribution < 1.29 is 9.53 Å². The van der Waals surface area contributed by atoms with Gasteiger partial charge in [0, 0.05) is 32.3 Å². The summed E-state index contributed by atoms with van der Waals surface area (Å²) >= 11 is 0. The van der Waals surface area contributed by atoms with Crippen LogP contribution in [0.1, 0.15) is 12.6 Å². The fraction of sp³-hybridized carbons (Fsp3) is 0.692. The fourth-order valence-electron chi connectivity index (χ4n) is 2.32. The number of carbonyl (C=O) groups is 1. The summed E-state index contributed by atoms with van der Waals surface area (Å²) in [6, 6.07) is 2.10. The van der Waals surface area contributed by atoms with Gasteiger partial charge in [-0.2, -0.15) is 5.10 Å². The van der Waals surface area contributed by atoms with E-state index in [9.17, 15) is 4.79 Å². The highest BCUT2D eigenvalue weighted by Gasteiger charge is 2.33. The van der Waals surface area contributed by atoms with Gasteiger partial charge < -0.3 is 15.4 Å². The standard InChI is InChI=1S/C13H22N4O2/c1-3-14-12-9-19-8-11(12)13(18)15-6-4-10-5-7-17(2)16-10/h5,7,11-12,14H,3-4,6,8-9H2,1-2H3,(H,15,18). The highest BCUT2D eigenvalue weighted by atomic mass is 16.5. The zero-order valence-corrected chi connectivity index (χ0v) is 11.6. The Bertz CT molecular complexity index is 419. The molecule has 0 saturated carbocycles. The van der Waals surface area contributed by atoms with E-state index in [4.69, 9.17) is 4.74 Å². The van der Waals surface area contributed by atoms with Crippen molar-refractivity contribution in [3.63, 3.8) is 0 Å². The van der Waals surface area contributed by atoms with Crippen molar-refractivity contribution in [3.05, 3.63) is 18.0 Å². The molecule has 0 aliphatic carbocycles. The first kappa shape index (κ1) is 14.0. The average molecular weight is 266 g/mol. The van der Waals surface area contributed by atoms with E-state index in [1.165, 1.54) is 0 Å². The molecular formula is C13H22N4O2. The normalized spacial score (nSPS) is 22.6. The summed E-state index contributed by atoms with van der Waals surface area (Å²) in [5, 5.41) is 10.5. The summed E-state index contributed by atoms with van der Waals surface area (Å²) in [6.45, 7) is 4.63. The van der Waals surface area contributed by atoms with Gasteiger partial charge in [0.2, 0.25) is 5.91 Å². The number of nitrogens with one attached hydrogen (secondary N) is 2. The maximum absolute atomic E-state index is 12.1. The van der Waals surface area contributed by atoms with Crippen LogP contribution in [0.3, 0.4) is 0 Å². The molecule has 1 fully saturated rings. The van der Waals surface area contributed by atoms with Crippen LogP contribution >= 0.6 is 0 Å². The van der Waals surface area contributed by atoms with Gasteiger partial charge in [-0.1, -0.05) is 6.92 Å². The maximum Gasteiger partial charge on any atom is 0.227 e. The Kier molecular flexibility index (Phi) is 4.93. The maximum atomic E-state index is 12.1. The van der Waals surface area contributed by atoms with Gasteiger partial charge in [-0.25, -0.2) is 0 Å². The van der Waals surface area contributed by atoms with Gasteiger partial charge in [-0.3, -0.25) is 9.48 Å². The van der Waals surface area contributed by atoms with Crippen LogP contribution in [-0.2, 0) is 23.0 Å². The molecule has 1 aliphatic rings. The van der Waals surface area contributed by atoms with Crippen LogP contribution in [0.5, 0.6) is 0 Å². The van der Waals surface area contributed by atoms with Crippen molar-refractivity contribution in [1.82, 2.24) is 20.4 Å². The van der Waals surface area contributed by atoms with Gasteiger partial charge in [0.15, 0.2) is 0 Å². The minimum Gasteiger partial charge on any atom is -0.379 e. The molecule has 106 valence electrons. The van der Waals surface area contributed by atoms with Crippen molar-refractivity contribution >= 4 is 5.91 Å². The zero-order chi connectivity index (χ0) is 13.7. The second kappa shape index (κ2) is 6.68. The third-order valence-corrected chi connectivity index (χ3v) is 3.33. The van der Waals surface area contributed by atoms with E-state index in [1.807, 2.05) is 26.2 Å². The molecule has 6 nitrogen and oxygen atoms in total. The number of rotatable bonds is 6. The Morgan fingerprint density at radius 3 is 3.11 bits per heavy atom. The number of ether oxygens (including phenoxy) is 1. The van der Waals surface area contributed by atoms with Gasteiger partial charge in [-0.05, 0) is 12.6 Å². The Morgan fingerprint density at radius 1 is 1.58 bits per heavy atom. The molecule has 2 unspecified atom stereocenters. The molecular weight excluding hydrogens is 244 g/mol. The highest BCUT2D eigenvalue weighted by molar-refractivity contribution is 5.79. The summed E-state index contributed by atoms with van der Waals surface area (Å²) in [6.07, 6.45) is 2.66. The first-order chi connectivity index (χ1) is 9.20. The van der Waals surface area contributed by atoms with Gasteiger partial charge in [-0.15, -0.1) is 0 Å². The molecule has 1 aromatic rings. The number of hydrogen-bond acceptors (Lipinski definition) is 4. The van der Waals surface area contributed by atoms with Crippen LogP contribution in [0, 0.1) is 5.92 Å². The number of hydrogen-bond donors (Lipinski definition) is 2. The lowest BCUT2D eigenvalue weighted by molar-refractivity contribution is -0.125. The van der Waals surface area contributed by atoms with Crippen LogP contribution in [-0.4, -0.2) is 48.0 Å². The van der Waals surface area contributed by atoms with Crippen LogP contribution in [0.2, 0.25) is 0 Å². The lowest BCUT2D eigenvalue weighted by Crippen LogP contribution is -2.44. The van der Waals surface area contributed by atoms with Crippen molar-refractivity contribution in [2.75, 3.05) is 26.3 Å². The number of amides is 1. The Hall–Kier alpha value is -1.40. The molecule has 0 spiro atoms. The molecule has 1 amide bonds. The largest absolute Gasteiger partial charge is 0.379 e. The van der Waals surface area contributed by atoms with Crippen molar-refractivity contribution in [3.8, 4) is 0 Å². The van der Waals surface area contributed by atoms with Gasteiger partial charge in [0.1, 0.15) is 0 Å². The van der Waals surface area contributed by atoms with Crippen LogP contribution < -0.4 is 10.6 Å². The number of aryl methyl sites for hydroxylation is 1. The van der Waals surface area contributed by atoms with E-state index >= 15 is 0 Å². The van der Waals surface area contributed by atoms with Gasteiger partial charge >= 0.3 is 0 Å². The summed E-state index contributed by atoms with van der Waals surface area (Å²) in [4.78, 5) is 12.1. The van der Waals surface area contributed by atoms with Crippen LogP contribution in [0.4, 0.5) is 0 Å². The monoisotopic (exact) mass is 266 g/mol. The number of nitrogens with zero attached hydrogens (tertiary/aromatic N) is 2. The predicted octanol–water partition coefficient (Wildman–Crippen LogP) is -0.297. The minimum absolute atomic E-state index is 0.0689. The van der Waals surface area contributed by atoms with Crippen molar-refractivity contribution in [2.24, 2.45) is 13.0 Å². The fourth-order valence-corrected chi connectivity index (χ4v) is 2.32. The summed E-state index contributed by atoms with van der Waals surface area (Å²) < 4.78 is 7.14. The summed E-state index contributed by atoms with van der Waals surface area (Å²) in [5.41, 5.74) is 0.994. The Labute approximate surface area is 113 Å². The smallest absolute Gasteiger partial charge is 0.227 e. The molecule has 19 heavy (non-hydrogen) atoms. The lowest BCUT2D eigenvalue weighted by atomic mass is 10.0. The molecule has 2 heterocycles. The molecule has 2 rings (SSSR count). The molecule has 1 saturated heterocycles. The van der Waals surface area contributed by atoms with E-state index in [2.05, 4.69) is 15.7 Å². The van der Waals surface area contributed by atoms with E-state index < -0.39 is 0 Å². The van der Waals surface area contributed by atoms with Gasteiger partial charge in [0.05, 0.1) is 24.8 Å². The third-order valence-electron chi connectivity index (χ3n) is 3.33. The van der Waals surface area contributed by atoms with E-state index in [0.29, 0.717) is 19.8 Å². The Morgan fingerprint density at radius 2 is 2.42 bits per heavy atom. The van der Waals surface area contributed by atoms with Gasteiger partial charge in [0.25, 0.3) is 0 Å². The highest BCUT2D eigenvalue weighted by Crippen LogP contribution is 2.13. The molecule has 6 heteroatoms. The molecule has 1 aromatic heterocycles. The molecule has 1 aliphatic heterocycles. The Balaban J connectivity index is 1.74. The number of carbonyl (C=O) groups excluding carboxylic acids is 1. The van der Waals surface area contributed by atoms with Crippen molar-refractivity contribution in [1.29, 1.82) is 0 Å². The predicted molar refractivity (Wildman–Crippen MR) is 71.7 cm³/mol. The molecule has 0 bridgehead atoms. The summed E-state index contributed by atoms with van der Waals surface area (Å²) in [5.74, 6) is -0.0111. The zero-order valence-electron chi connectivity index (χ0n) is 11.6. The quantitative estimate of drug-likeness (QED) is 0.742. The first-order valence-electron chi connectivity index (χ1n) is 6.78. The van der Waals surface area contributed by atoms with E-state index in [-0.39, 0.29) is 17.9 Å². The van der Waals surface area contributed by atoms with E-state index in [1.54, 1.807) is 4.68 Å². The average Bonchev–Trinajstić information content (AvgIpc) is 2.99. The van der Waals surface area contributed by atoms with E-state index in [0.717, 1.165) is 18.7 Å². The molecule has 0 radical (unpaired) electrons. The second-order valence-corrected chi connectivity index (χ2v) is 4.83. The van der Waals surface area contributed by atoms with Crippen LogP contribution in [0.15, 0.2) is 12.3 Å². The molecule has 0 aromatic carbocycles. The second-order valence-electron chi connectivity index (χ2n) is 4.83. The van der Waals surface area contributed by atoms with Crippen LogP contribution in [0.25, 0.3) is 0 Å². The SMILES string of the molecule is CCNC1COCC1C(=O)NCCc1ccn(C)n1. The first-order valence-corrected chi connectivity index (χ1v) is 6.78. The molecule has 2 N–H and O–H groups in total.